The van der Waals surface area contributed by atoms with Gasteiger partial charge in [0.25, 0.3) is 0 Å². The second-order valence-electron chi connectivity index (χ2n) is 3.13. The topological polar surface area (TPSA) is 39.2 Å². The molecule has 3 heteroatoms. The van der Waals surface area contributed by atoms with Crippen LogP contribution < -0.4 is 0 Å². The number of nitrogens with zero attached hydrogens (tertiary/aromatic N) is 1. The third-order valence-corrected chi connectivity index (χ3v) is 2.08. The Morgan fingerprint density at radius 1 is 1.25 bits per heavy atom. The van der Waals surface area contributed by atoms with Crippen LogP contribution in [0.15, 0.2) is 36.4 Å². The second kappa shape index (κ2) is 4.45. The predicted octanol–water partition coefficient (Wildman–Crippen LogP) is 1.76. The number of aromatic nitrogens is 1. The van der Waals surface area contributed by atoms with Gasteiger partial charge in [-0.2, -0.15) is 0 Å². The van der Waals surface area contributed by atoms with Crippen LogP contribution in [0.25, 0.3) is 10.9 Å². The molecule has 0 unspecified atom stereocenters. The van der Waals surface area contributed by atoms with Gasteiger partial charge in [-0.15, -0.1) is 0 Å². The zero-order valence-corrected chi connectivity index (χ0v) is 8.73. The maximum atomic E-state index is 10.8. The minimum atomic E-state index is -0.560. The average Bonchev–Trinajstić information content (AvgIpc) is 2.35. The summed E-state index contributed by atoms with van der Waals surface area (Å²) in [6.07, 6.45) is 0. The molecule has 1 aromatic carbocycles. The maximum absolute atomic E-state index is 10.8. The largest absolute Gasteiger partial charge is 0.459 e. The van der Waals surface area contributed by atoms with Gasteiger partial charge in [0.05, 0.1) is 12.6 Å². The van der Waals surface area contributed by atoms with Crippen LogP contribution in [-0.2, 0) is 9.53 Å². The lowest BCUT2D eigenvalue weighted by molar-refractivity contribution is -0.133. The lowest BCUT2D eigenvalue weighted by atomic mass is 10.2. The first-order valence-corrected chi connectivity index (χ1v) is 4.75. The van der Waals surface area contributed by atoms with Gasteiger partial charge < -0.3 is 4.74 Å². The fraction of sp³-hybridized carbons (Fsp3) is 0.0769. The predicted molar refractivity (Wildman–Crippen MR) is 60.6 cm³/mol. The van der Waals surface area contributed by atoms with Crippen molar-refractivity contribution in [2.75, 3.05) is 7.11 Å². The summed E-state index contributed by atoms with van der Waals surface area (Å²) in [5.74, 6) is 4.43. The fourth-order valence-electron chi connectivity index (χ4n) is 1.30. The van der Waals surface area contributed by atoms with Gasteiger partial charge in [0.1, 0.15) is 5.69 Å². The standard InChI is InChI=1S/C13H9NO2/c1-16-13(15)9-8-11-7-6-10-4-2-3-5-12(10)14-11/h2-7H,1H3. The number of esters is 1. The molecule has 1 heterocycles. The summed E-state index contributed by atoms with van der Waals surface area (Å²) in [4.78, 5) is 15.1. The summed E-state index contributed by atoms with van der Waals surface area (Å²) >= 11 is 0. The van der Waals surface area contributed by atoms with E-state index in [-0.39, 0.29) is 0 Å². The molecule has 3 nitrogen and oxygen atoms in total. The van der Waals surface area contributed by atoms with E-state index in [0.717, 1.165) is 10.9 Å². The number of ether oxygens (including phenoxy) is 1. The number of pyridine rings is 1. The van der Waals surface area contributed by atoms with Crippen LogP contribution in [0, 0.1) is 11.8 Å². The summed E-state index contributed by atoms with van der Waals surface area (Å²) < 4.78 is 4.42. The molecular weight excluding hydrogens is 202 g/mol. The number of methoxy groups -OCH3 is 1. The second-order valence-corrected chi connectivity index (χ2v) is 3.13. The first-order valence-electron chi connectivity index (χ1n) is 4.75. The van der Waals surface area contributed by atoms with Gasteiger partial charge in [0.2, 0.25) is 0 Å². The molecule has 2 rings (SSSR count). The molecule has 0 N–H and O–H groups in total. The SMILES string of the molecule is COC(=O)C#Cc1ccc2ccccc2n1. The van der Waals surface area contributed by atoms with E-state index in [2.05, 4.69) is 21.6 Å². The number of para-hydroxylation sites is 1. The summed E-state index contributed by atoms with van der Waals surface area (Å²) in [7, 11) is 1.30. The molecular formula is C13H9NO2. The molecule has 0 amide bonds. The van der Waals surface area contributed by atoms with Crippen molar-refractivity contribution in [3.8, 4) is 11.8 Å². The van der Waals surface area contributed by atoms with E-state index in [1.165, 1.54) is 7.11 Å². The van der Waals surface area contributed by atoms with Gasteiger partial charge in [-0.05, 0) is 18.1 Å². The number of fused-ring (bicyclic) bond motifs is 1. The number of hydrogen-bond donors (Lipinski definition) is 0. The smallest absolute Gasteiger partial charge is 0.384 e. The monoisotopic (exact) mass is 211 g/mol. The number of benzene rings is 1. The van der Waals surface area contributed by atoms with Crippen LogP contribution in [0.4, 0.5) is 0 Å². The van der Waals surface area contributed by atoms with Gasteiger partial charge in [0.15, 0.2) is 0 Å². The van der Waals surface area contributed by atoms with E-state index in [4.69, 9.17) is 0 Å². The number of carbonyl (C=O) groups is 1. The van der Waals surface area contributed by atoms with Crippen molar-refractivity contribution in [3.63, 3.8) is 0 Å². The quantitative estimate of drug-likeness (QED) is 0.492. The molecule has 0 radical (unpaired) electrons. The van der Waals surface area contributed by atoms with Gasteiger partial charge in [-0.1, -0.05) is 24.3 Å². The van der Waals surface area contributed by atoms with Crippen LogP contribution >= 0.6 is 0 Å². The molecule has 0 aliphatic carbocycles. The van der Waals surface area contributed by atoms with Crippen molar-refractivity contribution in [3.05, 3.63) is 42.1 Å². The maximum Gasteiger partial charge on any atom is 0.384 e. The molecule has 78 valence electrons. The van der Waals surface area contributed by atoms with Gasteiger partial charge in [0, 0.05) is 11.3 Å². The van der Waals surface area contributed by atoms with Crippen LogP contribution in [0.1, 0.15) is 5.69 Å². The van der Waals surface area contributed by atoms with E-state index in [1.807, 2.05) is 30.3 Å². The van der Waals surface area contributed by atoms with Crippen LogP contribution in [-0.4, -0.2) is 18.1 Å². The Morgan fingerprint density at radius 3 is 2.88 bits per heavy atom. The molecule has 0 bridgehead atoms. The highest BCUT2D eigenvalue weighted by atomic mass is 16.5. The molecule has 0 fully saturated rings. The van der Waals surface area contributed by atoms with E-state index in [0.29, 0.717) is 5.69 Å². The van der Waals surface area contributed by atoms with Crippen molar-refractivity contribution >= 4 is 16.9 Å². The third-order valence-electron chi connectivity index (χ3n) is 2.08. The molecule has 0 atom stereocenters. The molecule has 0 saturated carbocycles. The first kappa shape index (κ1) is 10.2. The van der Waals surface area contributed by atoms with Crippen LogP contribution in [0.5, 0.6) is 0 Å². The summed E-state index contributed by atoms with van der Waals surface area (Å²) in [6, 6.07) is 11.4. The third kappa shape index (κ3) is 2.18. The highest BCUT2D eigenvalue weighted by Gasteiger charge is 1.95. The van der Waals surface area contributed by atoms with E-state index in [1.54, 1.807) is 6.07 Å². The highest BCUT2D eigenvalue weighted by molar-refractivity contribution is 5.89. The minimum absolute atomic E-state index is 0.559. The molecule has 0 aliphatic rings. The number of hydrogen-bond acceptors (Lipinski definition) is 3. The molecule has 0 spiro atoms. The van der Waals surface area contributed by atoms with E-state index >= 15 is 0 Å². The Balaban J connectivity index is 2.39. The van der Waals surface area contributed by atoms with Crippen molar-refractivity contribution in [2.24, 2.45) is 0 Å². The molecule has 0 aliphatic heterocycles. The minimum Gasteiger partial charge on any atom is -0.459 e. The highest BCUT2D eigenvalue weighted by Crippen LogP contribution is 2.10. The lowest BCUT2D eigenvalue weighted by Gasteiger charge is -1.96. The van der Waals surface area contributed by atoms with Crippen molar-refractivity contribution in [1.82, 2.24) is 4.98 Å². The molecule has 16 heavy (non-hydrogen) atoms. The lowest BCUT2D eigenvalue weighted by Crippen LogP contribution is -1.95. The zero-order valence-electron chi connectivity index (χ0n) is 8.73. The van der Waals surface area contributed by atoms with Gasteiger partial charge in [-0.3, -0.25) is 0 Å². The number of carbonyl (C=O) groups excluding carboxylic acids is 1. The van der Waals surface area contributed by atoms with Gasteiger partial charge >= 0.3 is 5.97 Å². The van der Waals surface area contributed by atoms with E-state index in [9.17, 15) is 4.79 Å². The normalized spacial score (nSPS) is 9.31. The molecule has 0 saturated heterocycles. The summed E-state index contributed by atoms with van der Waals surface area (Å²) in [6.45, 7) is 0. The summed E-state index contributed by atoms with van der Waals surface area (Å²) in [5.41, 5.74) is 1.42. The fourth-order valence-corrected chi connectivity index (χ4v) is 1.30. The summed E-state index contributed by atoms with van der Waals surface area (Å²) in [5, 5.41) is 1.05. The van der Waals surface area contributed by atoms with Crippen LogP contribution in [0.3, 0.4) is 0 Å². The average molecular weight is 211 g/mol. The zero-order chi connectivity index (χ0) is 11.4. The Bertz CT molecular complexity index is 593. The van der Waals surface area contributed by atoms with Crippen molar-refractivity contribution < 1.29 is 9.53 Å². The Labute approximate surface area is 93.1 Å². The molecule has 2 aromatic rings. The Hall–Kier alpha value is -2.34. The van der Waals surface area contributed by atoms with E-state index < -0.39 is 5.97 Å². The molecule has 1 aromatic heterocycles. The van der Waals surface area contributed by atoms with Crippen LogP contribution in [0.2, 0.25) is 0 Å². The number of rotatable bonds is 0. The van der Waals surface area contributed by atoms with Gasteiger partial charge in [-0.25, -0.2) is 9.78 Å². The Kier molecular flexibility index (Phi) is 2.84. The first-order chi connectivity index (χ1) is 7.79. The van der Waals surface area contributed by atoms with Crippen molar-refractivity contribution in [2.45, 2.75) is 0 Å². The van der Waals surface area contributed by atoms with Crippen molar-refractivity contribution in [1.29, 1.82) is 0 Å². The Morgan fingerprint density at radius 2 is 2.06 bits per heavy atom.